The van der Waals surface area contributed by atoms with Gasteiger partial charge in [-0.3, -0.25) is 9.29 Å². The minimum absolute atomic E-state index is 0.00811. The van der Waals surface area contributed by atoms with Crippen molar-refractivity contribution in [3.63, 3.8) is 0 Å². The zero-order valence-electron chi connectivity index (χ0n) is 17.1. The zero-order valence-corrected chi connectivity index (χ0v) is 19.5. The molecule has 0 aliphatic carbocycles. The molecule has 0 atom stereocenters. The van der Waals surface area contributed by atoms with E-state index in [1.807, 2.05) is 19.9 Å². The van der Waals surface area contributed by atoms with Gasteiger partial charge in [0.2, 0.25) is 0 Å². The van der Waals surface area contributed by atoms with E-state index in [-0.39, 0.29) is 16.3 Å². The van der Waals surface area contributed by atoms with Gasteiger partial charge in [0, 0.05) is 10.6 Å². The second-order valence-corrected chi connectivity index (χ2v) is 11.5. The second-order valence-electron chi connectivity index (χ2n) is 7.23. The van der Waals surface area contributed by atoms with E-state index in [1.165, 1.54) is 40.2 Å². The molecule has 2 aliphatic rings. The summed E-state index contributed by atoms with van der Waals surface area (Å²) < 4.78 is 30.6. The van der Waals surface area contributed by atoms with E-state index in [2.05, 4.69) is 23.6 Å². The third-order valence-electron chi connectivity index (χ3n) is 4.56. The minimum Gasteiger partial charge on any atom is -0.261 e. The first-order valence-corrected chi connectivity index (χ1v) is 12.6. The summed E-state index contributed by atoms with van der Waals surface area (Å²) in [5.41, 5.74) is 0.919. The summed E-state index contributed by atoms with van der Waals surface area (Å²) in [7, 11) is -4.02. The highest BCUT2D eigenvalue weighted by atomic mass is 32.2. The van der Waals surface area contributed by atoms with Gasteiger partial charge in [-0.05, 0) is 50.1 Å². The zero-order chi connectivity index (χ0) is 22.1. The third-order valence-corrected chi connectivity index (χ3v) is 8.38. The Hall–Kier alpha value is -2.35. The quantitative estimate of drug-likeness (QED) is 0.529. The molecule has 0 aromatic heterocycles. The third kappa shape index (κ3) is 4.53. The predicted molar refractivity (Wildman–Crippen MR) is 121 cm³/mol. The van der Waals surface area contributed by atoms with E-state index < -0.39 is 15.7 Å². The molecular formula is C20H22N4O3S3. The number of nitrogens with zero attached hydrogens (tertiary/aromatic N) is 3. The number of benzene rings is 1. The Balaban J connectivity index is 2.08. The summed E-state index contributed by atoms with van der Waals surface area (Å²) in [6.07, 6.45) is 0.997. The van der Waals surface area contributed by atoms with Gasteiger partial charge in [0.15, 0.2) is 5.82 Å². The molecule has 1 N–H and O–H groups in total. The van der Waals surface area contributed by atoms with Crippen molar-refractivity contribution in [1.29, 1.82) is 5.26 Å². The molecular weight excluding hydrogens is 440 g/mol. The number of nitriles is 1. The fourth-order valence-corrected chi connectivity index (χ4v) is 6.61. The van der Waals surface area contributed by atoms with Crippen LogP contribution in [0.1, 0.15) is 36.4 Å². The highest BCUT2D eigenvalue weighted by molar-refractivity contribution is 8.01. The van der Waals surface area contributed by atoms with Crippen LogP contribution in [-0.4, -0.2) is 23.7 Å². The molecule has 158 valence electrons. The van der Waals surface area contributed by atoms with E-state index in [0.717, 1.165) is 27.0 Å². The average Bonchev–Trinajstić information content (AvgIpc) is 3.01. The molecule has 0 spiro atoms. The fourth-order valence-electron chi connectivity index (χ4n) is 2.79. The molecule has 7 nitrogen and oxygen atoms in total. The Morgan fingerprint density at radius 1 is 1.33 bits per heavy atom. The van der Waals surface area contributed by atoms with Crippen LogP contribution < -0.4 is 10.4 Å². The summed E-state index contributed by atoms with van der Waals surface area (Å²) in [5.74, 6) is 1.39. The monoisotopic (exact) mass is 462 g/mol. The first-order chi connectivity index (χ1) is 14.1. The van der Waals surface area contributed by atoms with Crippen molar-refractivity contribution in [2.45, 2.75) is 43.2 Å². The Morgan fingerprint density at radius 3 is 2.73 bits per heavy atom. The highest BCUT2D eigenvalue weighted by Gasteiger charge is 2.27. The Morgan fingerprint density at radius 2 is 2.07 bits per heavy atom. The molecule has 0 bridgehead atoms. The van der Waals surface area contributed by atoms with Crippen LogP contribution in [0.5, 0.6) is 0 Å². The van der Waals surface area contributed by atoms with Gasteiger partial charge in [-0.1, -0.05) is 19.9 Å². The lowest BCUT2D eigenvalue weighted by Gasteiger charge is -2.16. The summed E-state index contributed by atoms with van der Waals surface area (Å²) in [4.78, 5) is 17.5. The van der Waals surface area contributed by atoms with Crippen LogP contribution in [0.15, 0.2) is 38.2 Å². The van der Waals surface area contributed by atoms with Crippen molar-refractivity contribution in [2.24, 2.45) is 5.92 Å². The number of imidazole rings is 1. The molecule has 0 saturated carbocycles. The summed E-state index contributed by atoms with van der Waals surface area (Å²) in [6, 6.07) is 7.64. The second kappa shape index (κ2) is 8.79. The first kappa shape index (κ1) is 22.3. The number of fused-ring (bicyclic) bond motifs is 1. The van der Waals surface area contributed by atoms with E-state index in [9.17, 15) is 13.2 Å². The number of aromatic nitrogens is 2. The Kier molecular flexibility index (Phi) is 6.55. The predicted octanol–water partition coefficient (Wildman–Crippen LogP) is 4.16. The number of nitrogens with one attached hydrogen (secondary N) is 1. The summed E-state index contributed by atoms with van der Waals surface area (Å²) in [5, 5.41) is 9.05. The van der Waals surface area contributed by atoms with Crippen LogP contribution >= 0.6 is 23.1 Å². The standard InChI is InChI=1S/C20H22N4O3S3/c1-12(2)8-9-28-19-17-18(22-20(25)24(17)13(3)14(4)29-19)23-30(26,27)16-7-5-6-15(10-16)11-21/h5-7,10,12H,8-9H2,1-4H3,(H,22,23,25). The van der Waals surface area contributed by atoms with Gasteiger partial charge in [0.25, 0.3) is 10.0 Å². The normalized spacial score (nSPS) is 11.7. The number of sulfonamides is 1. The van der Waals surface area contributed by atoms with Gasteiger partial charge in [-0.25, -0.2) is 13.2 Å². The van der Waals surface area contributed by atoms with Crippen LogP contribution in [0.3, 0.4) is 0 Å². The maximum absolute atomic E-state index is 12.9. The summed E-state index contributed by atoms with van der Waals surface area (Å²) >= 11 is 3.12. The van der Waals surface area contributed by atoms with Crippen LogP contribution in [0.2, 0.25) is 0 Å². The van der Waals surface area contributed by atoms with Gasteiger partial charge >= 0.3 is 5.69 Å². The molecule has 2 heterocycles. The Labute approximate surface area is 184 Å². The molecule has 1 aromatic carbocycles. The average molecular weight is 463 g/mol. The van der Waals surface area contributed by atoms with Crippen LogP contribution in [-0.2, 0) is 10.0 Å². The SMILES string of the molecule is Cc1sc(SCCC(C)C)c2c(NS(=O)(=O)c3cccc(C#N)c3)nc(=O)n-2c1C. The largest absolute Gasteiger partial charge is 0.354 e. The molecule has 0 fully saturated rings. The number of hydrogen-bond acceptors (Lipinski definition) is 7. The van der Waals surface area contributed by atoms with Crippen LogP contribution in [0.4, 0.5) is 5.82 Å². The number of thioether (sulfide) groups is 1. The van der Waals surface area contributed by atoms with Gasteiger partial charge in [0.1, 0.15) is 5.69 Å². The lowest BCUT2D eigenvalue weighted by atomic mass is 10.2. The molecule has 0 saturated heterocycles. The van der Waals surface area contributed by atoms with E-state index in [1.54, 1.807) is 11.8 Å². The van der Waals surface area contributed by atoms with E-state index in [4.69, 9.17) is 5.26 Å². The van der Waals surface area contributed by atoms with Crippen molar-refractivity contribution in [1.82, 2.24) is 9.55 Å². The number of rotatable bonds is 7. The van der Waals surface area contributed by atoms with Crippen molar-refractivity contribution >= 4 is 38.9 Å². The Bertz CT molecular complexity index is 1250. The fraction of sp³-hybridized carbons (Fsp3) is 0.350. The molecule has 3 rings (SSSR count). The van der Waals surface area contributed by atoms with Crippen molar-refractivity contribution < 1.29 is 8.42 Å². The first-order valence-electron chi connectivity index (χ1n) is 9.32. The van der Waals surface area contributed by atoms with Crippen molar-refractivity contribution in [3.8, 4) is 11.8 Å². The maximum atomic E-state index is 12.9. The lowest BCUT2D eigenvalue weighted by molar-refractivity contribution is 0.601. The van der Waals surface area contributed by atoms with Crippen molar-refractivity contribution in [2.75, 3.05) is 10.5 Å². The van der Waals surface area contributed by atoms with E-state index in [0.29, 0.717) is 11.6 Å². The van der Waals surface area contributed by atoms with E-state index >= 15 is 0 Å². The molecule has 0 radical (unpaired) electrons. The van der Waals surface area contributed by atoms with Crippen molar-refractivity contribution in [3.05, 3.63) is 50.9 Å². The summed E-state index contributed by atoms with van der Waals surface area (Å²) in [6.45, 7) is 8.04. The lowest BCUT2D eigenvalue weighted by Crippen LogP contribution is -2.17. The molecule has 0 amide bonds. The van der Waals surface area contributed by atoms with Crippen LogP contribution in [0.25, 0.3) is 5.69 Å². The highest BCUT2D eigenvalue weighted by Crippen LogP contribution is 2.39. The van der Waals surface area contributed by atoms with Crippen LogP contribution in [0, 0.1) is 31.1 Å². The van der Waals surface area contributed by atoms with Gasteiger partial charge in [-0.15, -0.1) is 23.1 Å². The molecule has 30 heavy (non-hydrogen) atoms. The maximum Gasteiger partial charge on any atom is 0.354 e. The van der Waals surface area contributed by atoms with Gasteiger partial charge in [0.05, 0.1) is 20.7 Å². The van der Waals surface area contributed by atoms with Gasteiger partial charge < -0.3 is 0 Å². The number of aryl methyl sites for hydroxylation is 1. The number of hydrogen-bond donors (Lipinski definition) is 1. The number of anilines is 1. The molecule has 1 aromatic rings. The molecule has 2 aliphatic heterocycles. The minimum atomic E-state index is -4.02. The smallest absolute Gasteiger partial charge is 0.261 e. The molecule has 10 heteroatoms. The molecule has 0 unspecified atom stereocenters. The topological polar surface area (TPSA) is 105 Å². The van der Waals surface area contributed by atoms with Gasteiger partial charge in [-0.2, -0.15) is 10.2 Å².